The molecule has 0 amide bonds. The number of aromatic nitrogens is 2. The molecule has 0 saturated heterocycles. The average molecular weight is 254 g/mol. The molecule has 0 unspecified atom stereocenters. The fraction of sp³-hybridized carbons (Fsp3) is 0.250. The van der Waals surface area contributed by atoms with Gasteiger partial charge in [0.1, 0.15) is 11.0 Å². The first-order chi connectivity index (χ1) is 8.09. The molecule has 0 aliphatic carbocycles. The van der Waals surface area contributed by atoms with Crippen LogP contribution in [0.2, 0.25) is 5.15 Å². The Balaban J connectivity index is 2.13. The highest BCUT2D eigenvalue weighted by Crippen LogP contribution is 2.20. The number of hydrogen-bond acceptors (Lipinski definition) is 2. The van der Waals surface area contributed by atoms with Gasteiger partial charge in [-0.1, -0.05) is 29.8 Å². The van der Waals surface area contributed by atoms with Gasteiger partial charge in [-0.3, -0.25) is 0 Å². The second-order valence-electron chi connectivity index (χ2n) is 3.86. The van der Waals surface area contributed by atoms with Gasteiger partial charge in [0.05, 0.1) is 5.69 Å². The van der Waals surface area contributed by atoms with Crippen molar-refractivity contribution in [1.29, 1.82) is 0 Å². The van der Waals surface area contributed by atoms with E-state index >= 15 is 0 Å². The summed E-state index contributed by atoms with van der Waals surface area (Å²) < 4.78 is 15.0. The molecular weight excluding hydrogens is 241 g/mol. The maximum absolute atomic E-state index is 13.4. The van der Waals surface area contributed by atoms with Crippen molar-refractivity contribution < 1.29 is 4.39 Å². The molecule has 2 N–H and O–H groups in total. The van der Waals surface area contributed by atoms with E-state index in [9.17, 15) is 4.39 Å². The number of nitrogens with two attached hydrogens (primary N) is 1. The van der Waals surface area contributed by atoms with Crippen molar-refractivity contribution >= 4 is 17.5 Å². The van der Waals surface area contributed by atoms with Gasteiger partial charge in [0, 0.05) is 7.05 Å². The van der Waals surface area contributed by atoms with E-state index in [4.69, 9.17) is 17.3 Å². The van der Waals surface area contributed by atoms with E-state index in [0.717, 1.165) is 0 Å². The van der Waals surface area contributed by atoms with E-state index in [0.29, 0.717) is 35.2 Å². The summed E-state index contributed by atoms with van der Waals surface area (Å²) in [7, 11) is 1.75. The molecule has 0 spiro atoms. The molecule has 17 heavy (non-hydrogen) atoms. The van der Waals surface area contributed by atoms with Crippen molar-refractivity contribution in [3.8, 4) is 0 Å². The molecule has 1 aromatic carbocycles. The first kappa shape index (κ1) is 11.9. The van der Waals surface area contributed by atoms with Gasteiger partial charge in [-0.2, -0.15) is 0 Å². The zero-order valence-corrected chi connectivity index (χ0v) is 10.2. The molecule has 0 fully saturated rings. The molecule has 0 aliphatic heterocycles. The average Bonchev–Trinajstić information content (AvgIpc) is 2.56. The third-order valence-electron chi connectivity index (χ3n) is 2.71. The van der Waals surface area contributed by atoms with Crippen LogP contribution in [0.15, 0.2) is 24.3 Å². The predicted molar refractivity (Wildman–Crippen MR) is 66.4 cm³/mol. The number of hydrogen-bond donors (Lipinski definition) is 1. The van der Waals surface area contributed by atoms with Crippen LogP contribution in [-0.2, 0) is 19.9 Å². The van der Waals surface area contributed by atoms with Crippen molar-refractivity contribution in [1.82, 2.24) is 9.55 Å². The fourth-order valence-corrected chi connectivity index (χ4v) is 1.89. The third kappa shape index (κ3) is 2.42. The highest BCUT2D eigenvalue weighted by molar-refractivity contribution is 6.30. The van der Waals surface area contributed by atoms with Crippen LogP contribution in [0.1, 0.15) is 11.3 Å². The lowest BCUT2D eigenvalue weighted by molar-refractivity contribution is 0.608. The molecule has 0 atom stereocenters. The smallest absolute Gasteiger partial charge is 0.201 e. The minimum absolute atomic E-state index is 0.201. The molecule has 90 valence electrons. The lowest BCUT2D eigenvalue weighted by atomic mass is 10.1. The van der Waals surface area contributed by atoms with E-state index in [2.05, 4.69) is 4.98 Å². The standard InChI is InChI=1S/C12H13ClFN3/c1-17-11(13)10(16-12(17)15)7-6-8-4-2-3-5-9(8)14/h2-5H,6-7H2,1H3,(H2,15,16). The Kier molecular flexibility index (Phi) is 3.33. The summed E-state index contributed by atoms with van der Waals surface area (Å²) in [5, 5.41) is 0.513. The van der Waals surface area contributed by atoms with Crippen LogP contribution >= 0.6 is 11.6 Å². The zero-order valence-electron chi connectivity index (χ0n) is 9.45. The van der Waals surface area contributed by atoms with Gasteiger partial charge < -0.3 is 10.3 Å². The number of anilines is 1. The van der Waals surface area contributed by atoms with Crippen LogP contribution in [-0.4, -0.2) is 9.55 Å². The highest BCUT2D eigenvalue weighted by atomic mass is 35.5. The first-order valence-electron chi connectivity index (χ1n) is 5.29. The first-order valence-corrected chi connectivity index (χ1v) is 5.67. The Morgan fingerprint density at radius 2 is 2.06 bits per heavy atom. The van der Waals surface area contributed by atoms with Crippen molar-refractivity contribution in [2.45, 2.75) is 12.8 Å². The van der Waals surface area contributed by atoms with Crippen molar-refractivity contribution in [2.75, 3.05) is 5.73 Å². The zero-order chi connectivity index (χ0) is 12.4. The number of aryl methyl sites for hydroxylation is 2. The Bertz CT molecular complexity index is 537. The quantitative estimate of drug-likeness (QED) is 0.914. The summed E-state index contributed by atoms with van der Waals surface area (Å²) in [6, 6.07) is 6.69. The van der Waals surface area contributed by atoms with Crippen LogP contribution in [0.5, 0.6) is 0 Å². The molecule has 2 rings (SSSR count). The van der Waals surface area contributed by atoms with Gasteiger partial charge in [-0.15, -0.1) is 0 Å². The summed E-state index contributed by atoms with van der Waals surface area (Å²) in [4.78, 5) is 4.14. The molecule has 0 aliphatic rings. The second-order valence-corrected chi connectivity index (χ2v) is 4.22. The van der Waals surface area contributed by atoms with E-state index < -0.39 is 0 Å². The molecule has 0 saturated carbocycles. The molecule has 0 radical (unpaired) electrons. The van der Waals surface area contributed by atoms with Crippen molar-refractivity contribution in [2.24, 2.45) is 7.05 Å². The number of imidazole rings is 1. The summed E-state index contributed by atoms with van der Waals surface area (Å²) in [6.45, 7) is 0. The summed E-state index contributed by atoms with van der Waals surface area (Å²) in [6.07, 6.45) is 1.13. The molecule has 0 bridgehead atoms. The molecule has 1 aromatic heterocycles. The Morgan fingerprint density at radius 1 is 1.35 bits per heavy atom. The minimum atomic E-state index is -0.201. The molecule has 5 heteroatoms. The number of nitrogens with zero attached hydrogens (tertiary/aromatic N) is 2. The van der Waals surface area contributed by atoms with E-state index in [1.165, 1.54) is 6.07 Å². The number of benzene rings is 1. The summed E-state index contributed by atoms with van der Waals surface area (Å²) in [5.74, 6) is 0.172. The molecular formula is C12H13ClFN3. The van der Waals surface area contributed by atoms with Gasteiger partial charge >= 0.3 is 0 Å². The normalized spacial score (nSPS) is 10.8. The largest absolute Gasteiger partial charge is 0.369 e. The number of rotatable bonds is 3. The van der Waals surface area contributed by atoms with Crippen LogP contribution in [0.3, 0.4) is 0 Å². The van der Waals surface area contributed by atoms with E-state index in [1.54, 1.807) is 23.7 Å². The maximum Gasteiger partial charge on any atom is 0.201 e. The van der Waals surface area contributed by atoms with Gasteiger partial charge in [0.25, 0.3) is 0 Å². The van der Waals surface area contributed by atoms with Gasteiger partial charge in [0.2, 0.25) is 5.95 Å². The van der Waals surface area contributed by atoms with Crippen LogP contribution in [0.4, 0.5) is 10.3 Å². The van der Waals surface area contributed by atoms with E-state index in [1.807, 2.05) is 6.07 Å². The second kappa shape index (κ2) is 4.75. The topological polar surface area (TPSA) is 43.8 Å². The molecule has 1 heterocycles. The van der Waals surface area contributed by atoms with Gasteiger partial charge in [-0.05, 0) is 24.5 Å². The Hall–Kier alpha value is -1.55. The van der Waals surface area contributed by atoms with Crippen molar-refractivity contribution in [3.63, 3.8) is 0 Å². The Labute approximate surface area is 104 Å². The van der Waals surface area contributed by atoms with E-state index in [-0.39, 0.29) is 5.82 Å². The molecule has 3 nitrogen and oxygen atoms in total. The predicted octanol–water partition coefficient (Wildman–Crippen LogP) is 2.58. The Morgan fingerprint density at radius 3 is 2.65 bits per heavy atom. The number of halogens is 2. The minimum Gasteiger partial charge on any atom is -0.369 e. The van der Waals surface area contributed by atoms with Gasteiger partial charge in [0.15, 0.2) is 0 Å². The molecule has 2 aromatic rings. The number of nitrogen functional groups attached to an aromatic ring is 1. The van der Waals surface area contributed by atoms with Gasteiger partial charge in [-0.25, -0.2) is 9.37 Å². The lowest BCUT2D eigenvalue weighted by Crippen LogP contribution is -1.96. The monoisotopic (exact) mass is 253 g/mol. The van der Waals surface area contributed by atoms with Crippen LogP contribution in [0, 0.1) is 5.82 Å². The third-order valence-corrected chi connectivity index (χ3v) is 3.19. The lowest BCUT2D eigenvalue weighted by Gasteiger charge is -2.01. The van der Waals surface area contributed by atoms with Crippen molar-refractivity contribution in [3.05, 3.63) is 46.5 Å². The summed E-state index contributed by atoms with van der Waals surface area (Å²) >= 11 is 6.05. The SMILES string of the molecule is Cn1c(N)nc(CCc2ccccc2F)c1Cl. The summed E-state index contributed by atoms with van der Waals surface area (Å²) in [5.41, 5.74) is 7.00. The maximum atomic E-state index is 13.4. The van der Waals surface area contributed by atoms with Crippen LogP contribution < -0.4 is 5.73 Å². The fourth-order valence-electron chi connectivity index (χ4n) is 1.67. The highest BCUT2D eigenvalue weighted by Gasteiger charge is 2.11. The van der Waals surface area contributed by atoms with Crippen LogP contribution in [0.25, 0.3) is 0 Å².